The molecule has 6 rings (SSSR count). The Morgan fingerprint density at radius 1 is 0.547 bits per heavy atom. The predicted molar refractivity (Wildman–Crippen MR) is 218 cm³/mol. The highest BCUT2D eigenvalue weighted by Gasteiger charge is 2.36. The van der Waals surface area contributed by atoms with Gasteiger partial charge in [0.15, 0.2) is 0 Å². The molecular formula is C45H54Cl2N4O2. The minimum Gasteiger partial charge on any atom is -0.356 e. The van der Waals surface area contributed by atoms with Crippen molar-refractivity contribution in [2.75, 3.05) is 52.4 Å². The van der Waals surface area contributed by atoms with Crippen LogP contribution in [0.1, 0.15) is 66.2 Å². The summed E-state index contributed by atoms with van der Waals surface area (Å²) in [6, 6.07) is 37.2. The molecule has 0 bridgehead atoms. The van der Waals surface area contributed by atoms with E-state index in [0.29, 0.717) is 23.1 Å². The number of halogens is 2. The molecule has 280 valence electrons. The molecular weight excluding hydrogens is 699 g/mol. The molecule has 0 saturated carbocycles. The predicted octanol–water partition coefficient (Wildman–Crippen LogP) is 8.39. The number of carbonyl (C=O) groups excluding carboxylic acids is 2. The van der Waals surface area contributed by atoms with Crippen LogP contribution in [0.5, 0.6) is 0 Å². The molecule has 2 aliphatic heterocycles. The number of benzene rings is 4. The zero-order valence-corrected chi connectivity index (χ0v) is 32.3. The number of rotatable bonds is 16. The van der Waals surface area contributed by atoms with Gasteiger partial charge < -0.3 is 20.4 Å². The van der Waals surface area contributed by atoms with Crippen LogP contribution in [-0.4, -0.2) is 74.0 Å². The molecule has 4 aromatic carbocycles. The van der Waals surface area contributed by atoms with E-state index in [-0.39, 0.29) is 35.5 Å². The topological polar surface area (TPSA) is 64.7 Å². The quantitative estimate of drug-likeness (QED) is 0.113. The van der Waals surface area contributed by atoms with Crippen LogP contribution in [-0.2, 0) is 22.4 Å². The summed E-state index contributed by atoms with van der Waals surface area (Å²) in [5, 5.41) is 7.97. The molecule has 0 spiro atoms. The van der Waals surface area contributed by atoms with E-state index < -0.39 is 0 Å². The van der Waals surface area contributed by atoms with Crippen molar-refractivity contribution in [3.05, 3.63) is 141 Å². The SMILES string of the molecule is O=C(NCCCCCNC(=O)C1CN(CCc2ccccc2)CCC1c1ccc(Cl)cc1)C1CN(CCc2ccccc2)CCC1c1ccc(Cl)cc1. The molecule has 4 atom stereocenters. The number of likely N-dealkylation sites (tertiary alicyclic amines) is 2. The highest BCUT2D eigenvalue weighted by molar-refractivity contribution is 6.30. The normalized spacial score (nSPS) is 20.9. The van der Waals surface area contributed by atoms with Crippen molar-refractivity contribution in [1.29, 1.82) is 0 Å². The van der Waals surface area contributed by atoms with Crippen molar-refractivity contribution in [3.8, 4) is 0 Å². The first-order chi connectivity index (χ1) is 25.9. The molecule has 2 amide bonds. The number of nitrogens with one attached hydrogen (secondary N) is 2. The maximum absolute atomic E-state index is 13.7. The summed E-state index contributed by atoms with van der Waals surface area (Å²) >= 11 is 12.4. The number of piperidine rings is 2. The zero-order chi connectivity index (χ0) is 36.8. The van der Waals surface area contributed by atoms with Gasteiger partial charge in [0.05, 0.1) is 11.8 Å². The second-order valence-corrected chi connectivity index (χ2v) is 15.7. The van der Waals surface area contributed by atoms with Crippen LogP contribution in [0.15, 0.2) is 109 Å². The average molecular weight is 754 g/mol. The van der Waals surface area contributed by atoms with Gasteiger partial charge in [0.25, 0.3) is 0 Å². The van der Waals surface area contributed by atoms with Crippen molar-refractivity contribution in [1.82, 2.24) is 20.4 Å². The second-order valence-electron chi connectivity index (χ2n) is 14.8. The Bertz CT molecular complexity index is 1580. The molecule has 0 aliphatic carbocycles. The number of hydrogen-bond acceptors (Lipinski definition) is 4. The van der Waals surface area contributed by atoms with Gasteiger partial charge in [-0.2, -0.15) is 0 Å². The fourth-order valence-electron chi connectivity index (χ4n) is 8.17. The number of carbonyl (C=O) groups is 2. The molecule has 6 nitrogen and oxygen atoms in total. The average Bonchev–Trinajstić information content (AvgIpc) is 3.20. The van der Waals surface area contributed by atoms with Gasteiger partial charge in [-0.25, -0.2) is 0 Å². The molecule has 4 aromatic rings. The van der Waals surface area contributed by atoms with Crippen molar-refractivity contribution < 1.29 is 9.59 Å². The second kappa shape index (κ2) is 20.1. The highest BCUT2D eigenvalue weighted by atomic mass is 35.5. The number of hydrogen-bond donors (Lipinski definition) is 2. The fourth-order valence-corrected chi connectivity index (χ4v) is 8.42. The molecule has 2 fully saturated rings. The molecule has 0 aromatic heterocycles. The molecule has 2 saturated heterocycles. The third-order valence-electron chi connectivity index (χ3n) is 11.2. The summed E-state index contributed by atoms with van der Waals surface area (Å²) in [4.78, 5) is 32.3. The van der Waals surface area contributed by atoms with E-state index >= 15 is 0 Å². The van der Waals surface area contributed by atoms with E-state index in [2.05, 4.69) is 105 Å². The first-order valence-electron chi connectivity index (χ1n) is 19.5. The van der Waals surface area contributed by atoms with E-state index in [9.17, 15) is 9.59 Å². The number of nitrogens with zero attached hydrogens (tertiary/aromatic N) is 2. The van der Waals surface area contributed by atoms with Crippen LogP contribution in [0.2, 0.25) is 10.0 Å². The minimum absolute atomic E-state index is 0.115. The van der Waals surface area contributed by atoms with Crippen molar-refractivity contribution in [2.24, 2.45) is 11.8 Å². The smallest absolute Gasteiger partial charge is 0.225 e. The largest absolute Gasteiger partial charge is 0.356 e. The third-order valence-corrected chi connectivity index (χ3v) is 11.7. The molecule has 4 unspecified atom stereocenters. The Morgan fingerprint density at radius 3 is 1.34 bits per heavy atom. The summed E-state index contributed by atoms with van der Waals surface area (Å²) < 4.78 is 0. The molecule has 53 heavy (non-hydrogen) atoms. The van der Waals surface area contributed by atoms with Gasteiger partial charge in [-0.3, -0.25) is 9.59 Å². The van der Waals surface area contributed by atoms with Gasteiger partial charge in [-0.1, -0.05) is 108 Å². The summed E-state index contributed by atoms with van der Waals surface area (Å²) in [7, 11) is 0. The summed E-state index contributed by atoms with van der Waals surface area (Å²) in [5.74, 6) is 0.366. The lowest BCUT2D eigenvalue weighted by molar-refractivity contribution is -0.128. The first kappa shape index (κ1) is 39.0. The third kappa shape index (κ3) is 11.7. The molecule has 0 radical (unpaired) electrons. The summed E-state index contributed by atoms with van der Waals surface area (Å²) in [6.07, 6.45) is 6.53. The Morgan fingerprint density at radius 2 is 0.943 bits per heavy atom. The maximum Gasteiger partial charge on any atom is 0.225 e. The van der Waals surface area contributed by atoms with Crippen LogP contribution in [0.4, 0.5) is 0 Å². The van der Waals surface area contributed by atoms with Crippen LogP contribution in [0.3, 0.4) is 0 Å². The van der Waals surface area contributed by atoms with Crippen LogP contribution in [0.25, 0.3) is 0 Å². The van der Waals surface area contributed by atoms with Gasteiger partial charge in [0, 0.05) is 49.3 Å². The van der Waals surface area contributed by atoms with Gasteiger partial charge in [0.2, 0.25) is 11.8 Å². The zero-order valence-electron chi connectivity index (χ0n) is 30.8. The summed E-state index contributed by atoms with van der Waals surface area (Å²) in [5.41, 5.74) is 5.02. The van der Waals surface area contributed by atoms with E-state index in [1.807, 2.05) is 24.3 Å². The van der Waals surface area contributed by atoms with Gasteiger partial charge in [0.1, 0.15) is 0 Å². The molecule has 2 aliphatic rings. The van der Waals surface area contributed by atoms with E-state index in [1.165, 1.54) is 22.3 Å². The maximum atomic E-state index is 13.7. The fraction of sp³-hybridized carbons (Fsp3) is 0.422. The number of unbranched alkanes of at least 4 members (excludes halogenated alkanes) is 2. The Labute approximate surface area is 326 Å². The van der Waals surface area contributed by atoms with Gasteiger partial charge >= 0.3 is 0 Å². The molecule has 2 heterocycles. The van der Waals surface area contributed by atoms with Crippen molar-refractivity contribution >= 4 is 35.0 Å². The Hall–Kier alpha value is -3.68. The standard InChI is InChI=1S/C45H54Cl2N4O2/c46-38-18-14-36(15-19-38)40-24-30-50(28-22-34-10-4-1-5-11-34)32-42(40)44(52)48-26-8-3-9-27-49-45(53)43-33-51(29-23-35-12-6-2-7-13-35)31-25-41(43)37-16-20-39(47)21-17-37/h1-2,4-7,10-21,40-43H,3,8-9,22-33H2,(H,48,52)(H,49,53). The Balaban J connectivity index is 0.962. The monoisotopic (exact) mass is 752 g/mol. The lowest BCUT2D eigenvalue weighted by atomic mass is 9.79. The molecule has 8 heteroatoms. The highest BCUT2D eigenvalue weighted by Crippen LogP contribution is 2.35. The lowest BCUT2D eigenvalue weighted by Crippen LogP contribution is -2.47. The summed E-state index contributed by atoms with van der Waals surface area (Å²) in [6.45, 7) is 6.61. The van der Waals surface area contributed by atoms with Gasteiger partial charge in [-0.05, 0) is 116 Å². The van der Waals surface area contributed by atoms with E-state index in [0.717, 1.165) is 84.2 Å². The van der Waals surface area contributed by atoms with Gasteiger partial charge in [-0.15, -0.1) is 0 Å². The van der Waals surface area contributed by atoms with E-state index in [1.54, 1.807) is 0 Å². The molecule has 2 N–H and O–H groups in total. The van der Waals surface area contributed by atoms with Crippen LogP contribution in [0, 0.1) is 11.8 Å². The van der Waals surface area contributed by atoms with Crippen LogP contribution < -0.4 is 10.6 Å². The lowest BCUT2D eigenvalue weighted by Gasteiger charge is -2.38. The van der Waals surface area contributed by atoms with Crippen molar-refractivity contribution in [2.45, 2.75) is 56.8 Å². The first-order valence-corrected chi connectivity index (χ1v) is 20.3. The number of amides is 2. The van der Waals surface area contributed by atoms with Crippen LogP contribution >= 0.6 is 23.2 Å². The van der Waals surface area contributed by atoms with E-state index in [4.69, 9.17) is 23.2 Å². The Kier molecular flexibility index (Phi) is 14.8. The minimum atomic E-state index is -0.115. The van der Waals surface area contributed by atoms with Crippen molar-refractivity contribution in [3.63, 3.8) is 0 Å².